The van der Waals surface area contributed by atoms with Gasteiger partial charge in [-0.2, -0.15) is 11.8 Å². The molecule has 1 aromatic carbocycles. The second-order valence-corrected chi connectivity index (χ2v) is 5.88. The average molecular weight is 322 g/mol. The number of thioether (sulfide) groups is 1. The largest absolute Gasteiger partial charge is 0.465 e. The van der Waals surface area contributed by atoms with Gasteiger partial charge in [-0.1, -0.05) is 29.3 Å². The van der Waals surface area contributed by atoms with Crippen LogP contribution in [0.4, 0.5) is 0 Å². The maximum Gasteiger partial charge on any atom is 0.322 e. The zero-order valence-electron chi connectivity index (χ0n) is 10.7. The highest BCUT2D eigenvalue weighted by Gasteiger charge is 2.13. The first-order valence-corrected chi connectivity index (χ1v) is 7.89. The van der Waals surface area contributed by atoms with Crippen LogP contribution < -0.4 is 5.73 Å². The highest BCUT2D eigenvalue weighted by atomic mass is 35.5. The first-order chi connectivity index (χ1) is 9.04. The first kappa shape index (κ1) is 16.6. The highest BCUT2D eigenvalue weighted by molar-refractivity contribution is 7.98. The SMILES string of the molecule is CCOC(=O)C(N)CCSCc1ccc(Cl)cc1Cl. The summed E-state index contributed by atoms with van der Waals surface area (Å²) < 4.78 is 4.84. The van der Waals surface area contributed by atoms with Crippen LogP contribution in [0.5, 0.6) is 0 Å². The summed E-state index contributed by atoms with van der Waals surface area (Å²) >= 11 is 13.6. The molecule has 6 heteroatoms. The van der Waals surface area contributed by atoms with E-state index in [0.29, 0.717) is 23.1 Å². The van der Waals surface area contributed by atoms with Gasteiger partial charge in [0.2, 0.25) is 0 Å². The van der Waals surface area contributed by atoms with Crippen molar-refractivity contribution in [2.75, 3.05) is 12.4 Å². The van der Waals surface area contributed by atoms with E-state index < -0.39 is 6.04 Å². The monoisotopic (exact) mass is 321 g/mol. The minimum Gasteiger partial charge on any atom is -0.465 e. The normalized spacial score (nSPS) is 12.2. The molecule has 0 saturated heterocycles. The molecular weight excluding hydrogens is 305 g/mol. The zero-order chi connectivity index (χ0) is 14.3. The molecule has 2 N–H and O–H groups in total. The highest BCUT2D eigenvalue weighted by Crippen LogP contribution is 2.25. The molecule has 19 heavy (non-hydrogen) atoms. The second kappa shape index (κ2) is 8.69. The molecule has 0 aliphatic carbocycles. The zero-order valence-corrected chi connectivity index (χ0v) is 13.0. The van der Waals surface area contributed by atoms with Crippen molar-refractivity contribution < 1.29 is 9.53 Å². The molecule has 1 aromatic rings. The Morgan fingerprint density at radius 3 is 2.84 bits per heavy atom. The Balaban J connectivity index is 2.29. The molecule has 0 aliphatic rings. The Hall–Kier alpha value is -0.420. The van der Waals surface area contributed by atoms with Gasteiger partial charge in [0.25, 0.3) is 0 Å². The van der Waals surface area contributed by atoms with Crippen LogP contribution in [0.25, 0.3) is 0 Å². The number of hydrogen-bond acceptors (Lipinski definition) is 4. The van der Waals surface area contributed by atoms with Gasteiger partial charge in [-0.3, -0.25) is 4.79 Å². The number of benzene rings is 1. The van der Waals surface area contributed by atoms with Crippen molar-refractivity contribution in [2.45, 2.75) is 25.1 Å². The molecule has 0 amide bonds. The van der Waals surface area contributed by atoms with Crippen LogP contribution >= 0.6 is 35.0 Å². The van der Waals surface area contributed by atoms with E-state index >= 15 is 0 Å². The van der Waals surface area contributed by atoms with Crippen LogP contribution in [0.1, 0.15) is 18.9 Å². The number of halogens is 2. The van der Waals surface area contributed by atoms with Crippen molar-refractivity contribution in [2.24, 2.45) is 5.73 Å². The maximum absolute atomic E-state index is 11.3. The minimum atomic E-state index is -0.548. The Labute approximate surface area is 127 Å². The minimum absolute atomic E-state index is 0.340. The van der Waals surface area contributed by atoms with E-state index in [0.717, 1.165) is 17.1 Å². The number of hydrogen-bond donors (Lipinski definition) is 1. The van der Waals surface area contributed by atoms with Crippen LogP contribution in [0.3, 0.4) is 0 Å². The fourth-order valence-corrected chi connectivity index (χ4v) is 2.99. The van der Waals surface area contributed by atoms with E-state index in [9.17, 15) is 4.79 Å². The van der Waals surface area contributed by atoms with E-state index in [-0.39, 0.29) is 5.97 Å². The number of carbonyl (C=O) groups excluding carboxylic acids is 1. The Kier molecular flexibility index (Phi) is 7.61. The Morgan fingerprint density at radius 1 is 1.47 bits per heavy atom. The van der Waals surface area contributed by atoms with Gasteiger partial charge in [-0.05, 0) is 36.8 Å². The van der Waals surface area contributed by atoms with Crippen LogP contribution in [0.2, 0.25) is 10.0 Å². The number of rotatable bonds is 7. The van der Waals surface area contributed by atoms with Crippen molar-refractivity contribution in [1.29, 1.82) is 0 Å². The van der Waals surface area contributed by atoms with Gasteiger partial charge in [0.05, 0.1) is 6.61 Å². The Bertz CT molecular complexity index is 429. The van der Waals surface area contributed by atoms with Crippen molar-refractivity contribution in [3.8, 4) is 0 Å². The van der Waals surface area contributed by atoms with Gasteiger partial charge in [0, 0.05) is 15.8 Å². The van der Waals surface area contributed by atoms with Crippen LogP contribution in [-0.4, -0.2) is 24.4 Å². The lowest BCUT2D eigenvalue weighted by Gasteiger charge is -2.10. The third-order valence-corrected chi connectivity index (χ3v) is 4.06. The summed E-state index contributed by atoms with van der Waals surface area (Å²) in [5.74, 6) is 1.21. The molecule has 3 nitrogen and oxygen atoms in total. The smallest absolute Gasteiger partial charge is 0.322 e. The number of nitrogens with two attached hydrogens (primary N) is 1. The van der Waals surface area contributed by atoms with Gasteiger partial charge in [0.1, 0.15) is 6.04 Å². The summed E-state index contributed by atoms with van der Waals surface area (Å²) in [6.07, 6.45) is 0.592. The van der Waals surface area contributed by atoms with Gasteiger partial charge in [-0.15, -0.1) is 0 Å². The molecule has 0 aliphatic heterocycles. The number of ether oxygens (including phenoxy) is 1. The lowest BCUT2D eigenvalue weighted by Crippen LogP contribution is -2.32. The fourth-order valence-electron chi connectivity index (χ4n) is 1.40. The summed E-state index contributed by atoms with van der Waals surface area (Å²) in [4.78, 5) is 11.3. The molecule has 0 aromatic heterocycles. The summed E-state index contributed by atoms with van der Waals surface area (Å²) in [5, 5.41) is 1.29. The van der Waals surface area contributed by atoms with E-state index in [1.165, 1.54) is 0 Å². The molecule has 0 fully saturated rings. The van der Waals surface area contributed by atoms with Gasteiger partial charge in [0.15, 0.2) is 0 Å². The summed E-state index contributed by atoms with van der Waals surface area (Å²) in [6, 6.07) is 4.90. The lowest BCUT2D eigenvalue weighted by molar-refractivity contribution is -0.144. The van der Waals surface area contributed by atoms with Crippen LogP contribution in [0.15, 0.2) is 18.2 Å². The molecule has 1 rings (SSSR count). The van der Waals surface area contributed by atoms with E-state index in [2.05, 4.69) is 0 Å². The quantitative estimate of drug-likeness (QED) is 0.616. The molecule has 0 radical (unpaired) electrons. The predicted octanol–water partition coefficient (Wildman–Crippen LogP) is 3.51. The van der Waals surface area contributed by atoms with Gasteiger partial charge in [-0.25, -0.2) is 0 Å². The average Bonchev–Trinajstić information content (AvgIpc) is 2.36. The second-order valence-electron chi connectivity index (χ2n) is 3.94. The van der Waals surface area contributed by atoms with Crippen molar-refractivity contribution >= 4 is 40.9 Å². The standard InChI is InChI=1S/C13H17Cl2NO2S/c1-2-18-13(17)12(16)5-6-19-8-9-3-4-10(14)7-11(9)15/h3-4,7,12H,2,5-6,8,16H2,1H3. The summed E-state index contributed by atoms with van der Waals surface area (Å²) in [5.41, 5.74) is 6.73. The first-order valence-electron chi connectivity index (χ1n) is 5.98. The van der Waals surface area contributed by atoms with E-state index in [1.54, 1.807) is 24.8 Å². The molecular formula is C13H17Cl2NO2S. The molecule has 1 atom stereocenters. The Morgan fingerprint density at radius 2 is 2.21 bits per heavy atom. The van der Waals surface area contributed by atoms with E-state index in [4.69, 9.17) is 33.7 Å². The lowest BCUT2D eigenvalue weighted by atomic mass is 10.2. The van der Waals surface area contributed by atoms with Gasteiger partial charge >= 0.3 is 5.97 Å². The summed E-state index contributed by atoms with van der Waals surface area (Å²) in [7, 11) is 0. The van der Waals surface area contributed by atoms with E-state index in [1.807, 2.05) is 12.1 Å². The van der Waals surface area contributed by atoms with Crippen molar-refractivity contribution in [3.05, 3.63) is 33.8 Å². The molecule has 106 valence electrons. The topological polar surface area (TPSA) is 52.3 Å². The molecule has 0 bridgehead atoms. The molecule has 0 saturated carbocycles. The molecule has 1 unspecified atom stereocenters. The van der Waals surface area contributed by atoms with Crippen LogP contribution in [0, 0.1) is 0 Å². The maximum atomic E-state index is 11.3. The van der Waals surface area contributed by atoms with Crippen molar-refractivity contribution in [3.63, 3.8) is 0 Å². The van der Waals surface area contributed by atoms with Gasteiger partial charge < -0.3 is 10.5 Å². The third-order valence-electron chi connectivity index (χ3n) is 2.44. The fraction of sp³-hybridized carbons (Fsp3) is 0.462. The van der Waals surface area contributed by atoms with Crippen molar-refractivity contribution in [1.82, 2.24) is 0 Å². The molecule has 0 heterocycles. The molecule has 0 spiro atoms. The number of carbonyl (C=O) groups is 1. The number of esters is 1. The third kappa shape index (κ3) is 6.04. The van der Waals surface area contributed by atoms with Crippen LogP contribution in [-0.2, 0) is 15.3 Å². The summed E-state index contributed by atoms with van der Waals surface area (Å²) in [6.45, 7) is 2.13. The predicted molar refractivity (Wildman–Crippen MR) is 81.8 cm³/mol.